The summed E-state index contributed by atoms with van der Waals surface area (Å²) in [6.07, 6.45) is 7.45. The number of aliphatic hydroxyl groups is 1. The smallest absolute Gasteiger partial charge is 0.0903 e. The van der Waals surface area contributed by atoms with Crippen molar-refractivity contribution in [2.24, 2.45) is 11.8 Å². The van der Waals surface area contributed by atoms with E-state index >= 15 is 0 Å². The van der Waals surface area contributed by atoms with Crippen LogP contribution in [0.25, 0.3) is 0 Å². The van der Waals surface area contributed by atoms with E-state index in [4.69, 9.17) is 5.11 Å². The van der Waals surface area contributed by atoms with Crippen LogP contribution in [0.2, 0.25) is 0 Å². The van der Waals surface area contributed by atoms with Crippen molar-refractivity contribution < 1.29 is 5.11 Å². The van der Waals surface area contributed by atoms with E-state index in [1.807, 2.05) is 12.2 Å². The lowest BCUT2D eigenvalue weighted by Gasteiger charge is -2.16. The first-order valence-corrected chi connectivity index (χ1v) is 3.75. The van der Waals surface area contributed by atoms with Crippen LogP contribution in [0, 0.1) is 11.8 Å². The van der Waals surface area contributed by atoms with E-state index in [0.29, 0.717) is 11.8 Å². The molecule has 0 aromatic carbocycles. The molecule has 1 aliphatic rings. The fourth-order valence-corrected chi connectivity index (χ4v) is 1.06. The molecule has 0 atom stereocenters. The molecule has 10 heavy (non-hydrogen) atoms. The first-order valence-electron chi connectivity index (χ1n) is 3.75. The van der Waals surface area contributed by atoms with Gasteiger partial charge >= 0.3 is 0 Å². The molecule has 0 aromatic heterocycles. The second-order valence-corrected chi connectivity index (χ2v) is 3.08. The van der Waals surface area contributed by atoms with Crippen LogP contribution in [-0.4, -0.2) is 11.2 Å². The van der Waals surface area contributed by atoms with Crippen LogP contribution in [0.1, 0.15) is 13.8 Å². The van der Waals surface area contributed by atoms with Gasteiger partial charge in [0.15, 0.2) is 0 Å². The Hall–Kier alpha value is -0.560. The maximum atomic E-state index is 9.04. The SMILES string of the molecule is CC(C)C1C=CC(O)C=C1. The Morgan fingerprint density at radius 1 is 1.10 bits per heavy atom. The zero-order chi connectivity index (χ0) is 7.56. The summed E-state index contributed by atoms with van der Waals surface area (Å²) in [5, 5.41) is 9.04. The van der Waals surface area contributed by atoms with Crippen LogP contribution in [0.15, 0.2) is 24.3 Å². The number of rotatable bonds is 1. The van der Waals surface area contributed by atoms with E-state index in [9.17, 15) is 0 Å². The highest BCUT2D eigenvalue weighted by Gasteiger charge is 2.09. The predicted octanol–water partition coefficient (Wildman–Crippen LogP) is 1.75. The summed E-state index contributed by atoms with van der Waals surface area (Å²) in [6.45, 7) is 4.36. The highest BCUT2D eigenvalue weighted by Crippen LogP contribution is 2.17. The molecule has 0 aliphatic heterocycles. The minimum absolute atomic E-state index is 0.352. The topological polar surface area (TPSA) is 20.2 Å². The van der Waals surface area contributed by atoms with Gasteiger partial charge in [0.05, 0.1) is 6.10 Å². The van der Waals surface area contributed by atoms with Crippen molar-refractivity contribution in [1.29, 1.82) is 0 Å². The number of hydrogen-bond acceptors (Lipinski definition) is 1. The highest BCUT2D eigenvalue weighted by atomic mass is 16.3. The molecule has 1 aliphatic carbocycles. The van der Waals surface area contributed by atoms with Gasteiger partial charge in [0.25, 0.3) is 0 Å². The molecule has 1 rings (SSSR count). The molecule has 0 heterocycles. The monoisotopic (exact) mass is 138 g/mol. The van der Waals surface area contributed by atoms with Crippen LogP contribution >= 0.6 is 0 Å². The molecule has 1 nitrogen and oxygen atoms in total. The van der Waals surface area contributed by atoms with Gasteiger partial charge in [-0.15, -0.1) is 0 Å². The summed E-state index contributed by atoms with van der Waals surface area (Å²) in [5.74, 6) is 1.16. The Kier molecular flexibility index (Phi) is 2.28. The van der Waals surface area contributed by atoms with Crippen molar-refractivity contribution in [2.45, 2.75) is 20.0 Å². The minimum atomic E-state index is -0.352. The Bertz CT molecular complexity index is 142. The van der Waals surface area contributed by atoms with Crippen molar-refractivity contribution in [3.05, 3.63) is 24.3 Å². The van der Waals surface area contributed by atoms with E-state index in [1.165, 1.54) is 0 Å². The quantitative estimate of drug-likeness (QED) is 0.547. The van der Waals surface area contributed by atoms with Gasteiger partial charge in [-0.05, 0) is 11.8 Å². The number of aliphatic hydroxyl groups excluding tert-OH is 1. The van der Waals surface area contributed by atoms with Gasteiger partial charge in [-0.3, -0.25) is 0 Å². The van der Waals surface area contributed by atoms with E-state index < -0.39 is 0 Å². The third-order valence-electron chi connectivity index (χ3n) is 1.83. The number of allylic oxidation sites excluding steroid dienone is 2. The lowest BCUT2D eigenvalue weighted by molar-refractivity contribution is 0.266. The van der Waals surface area contributed by atoms with E-state index in [0.717, 1.165) is 0 Å². The summed E-state index contributed by atoms with van der Waals surface area (Å²) < 4.78 is 0. The molecule has 0 saturated carbocycles. The molecule has 0 aromatic rings. The van der Waals surface area contributed by atoms with Crippen LogP contribution in [0.4, 0.5) is 0 Å². The van der Waals surface area contributed by atoms with Gasteiger partial charge in [-0.2, -0.15) is 0 Å². The Balaban J connectivity index is 2.54. The highest BCUT2D eigenvalue weighted by molar-refractivity contribution is 5.14. The van der Waals surface area contributed by atoms with Crippen molar-refractivity contribution in [3.8, 4) is 0 Å². The van der Waals surface area contributed by atoms with Crippen molar-refractivity contribution in [2.75, 3.05) is 0 Å². The lowest BCUT2D eigenvalue weighted by atomic mass is 9.91. The van der Waals surface area contributed by atoms with Gasteiger partial charge in [0.1, 0.15) is 0 Å². The lowest BCUT2D eigenvalue weighted by Crippen LogP contribution is -2.09. The van der Waals surface area contributed by atoms with Crippen LogP contribution < -0.4 is 0 Å². The van der Waals surface area contributed by atoms with Gasteiger partial charge in [-0.25, -0.2) is 0 Å². The maximum Gasteiger partial charge on any atom is 0.0903 e. The van der Waals surface area contributed by atoms with E-state index in [2.05, 4.69) is 26.0 Å². The molecule has 1 N–H and O–H groups in total. The average Bonchev–Trinajstić information content (AvgIpc) is 1.88. The standard InChI is InChI=1S/C9H14O/c1-7(2)8-3-5-9(10)6-4-8/h3-10H,1-2H3. The Morgan fingerprint density at radius 3 is 2.00 bits per heavy atom. The van der Waals surface area contributed by atoms with Crippen molar-refractivity contribution >= 4 is 0 Å². The largest absolute Gasteiger partial charge is 0.385 e. The van der Waals surface area contributed by atoms with Crippen molar-refractivity contribution in [1.82, 2.24) is 0 Å². The van der Waals surface area contributed by atoms with Crippen LogP contribution in [-0.2, 0) is 0 Å². The molecule has 0 radical (unpaired) electrons. The predicted molar refractivity (Wildman–Crippen MR) is 42.6 cm³/mol. The average molecular weight is 138 g/mol. The summed E-state index contributed by atoms with van der Waals surface area (Å²) >= 11 is 0. The van der Waals surface area contributed by atoms with Crippen LogP contribution in [0.5, 0.6) is 0 Å². The normalized spacial score (nSPS) is 31.6. The minimum Gasteiger partial charge on any atom is -0.385 e. The first-order chi connectivity index (χ1) is 4.70. The molecule has 0 fully saturated rings. The van der Waals surface area contributed by atoms with Gasteiger partial charge in [0.2, 0.25) is 0 Å². The zero-order valence-electron chi connectivity index (χ0n) is 6.49. The van der Waals surface area contributed by atoms with E-state index in [1.54, 1.807) is 0 Å². The van der Waals surface area contributed by atoms with E-state index in [-0.39, 0.29) is 6.10 Å². The molecule has 1 heteroatoms. The van der Waals surface area contributed by atoms with Crippen LogP contribution in [0.3, 0.4) is 0 Å². The second kappa shape index (κ2) is 3.02. The molecule has 0 bridgehead atoms. The van der Waals surface area contributed by atoms with Gasteiger partial charge < -0.3 is 5.11 Å². The van der Waals surface area contributed by atoms with Crippen molar-refractivity contribution in [3.63, 3.8) is 0 Å². The summed E-state index contributed by atoms with van der Waals surface area (Å²) in [7, 11) is 0. The summed E-state index contributed by atoms with van der Waals surface area (Å²) in [4.78, 5) is 0. The molecule has 0 unspecified atom stereocenters. The third kappa shape index (κ3) is 1.71. The number of hydrogen-bond donors (Lipinski definition) is 1. The molecule has 0 spiro atoms. The Labute approximate surface area is 62.1 Å². The summed E-state index contributed by atoms with van der Waals surface area (Å²) in [5.41, 5.74) is 0. The Morgan fingerprint density at radius 2 is 1.60 bits per heavy atom. The molecule has 56 valence electrons. The molecular weight excluding hydrogens is 124 g/mol. The first kappa shape index (κ1) is 7.55. The fourth-order valence-electron chi connectivity index (χ4n) is 1.06. The second-order valence-electron chi connectivity index (χ2n) is 3.08. The molecule has 0 amide bonds. The summed E-state index contributed by atoms with van der Waals surface area (Å²) in [6, 6.07) is 0. The van der Waals surface area contributed by atoms with Gasteiger partial charge in [0, 0.05) is 0 Å². The fraction of sp³-hybridized carbons (Fsp3) is 0.556. The van der Waals surface area contributed by atoms with Gasteiger partial charge in [-0.1, -0.05) is 38.2 Å². The zero-order valence-corrected chi connectivity index (χ0v) is 6.49. The maximum absolute atomic E-state index is 9.04. The third-order valence-corrected chi connectivity index (χ3v) is 1.83. The molecule has 0 saturated heterocycles. The molecular formula is C9H14O.